The number of rotatable bonds is 2. The lowest BCUT2D eigenvalue weighted by atomic mass is 9.63. The second-order valence-corrected chi connectivity index (χ2v) is 11.3. The molecule has 6 fully saturated rings. The Labute approximate surface area is 168 Å². The predicted octanol–water partition coefficient (Wildman–Crippen LogP) is 3.93. The van der Waals surface area contributed by atoms with Crippen LogP contribution in [0.3, 0.4) is 0 Å². The molecule has 0 heterocycles. The molecule has 4 heteroatoms. The van der Waals surface area contributed by atoms with Crippen LogP contribution in [0.25, 0.3) is 0 Å². The van der Waals surface area contributed by atoms with Gasteiger partial charge >= 0.3 is 11.9 Å². The molecular formula is C24H34O4. The maximum absolute atomic E-state index is 13.4. The first-order valence-electron chi connectivity index (χ1n) is 11.6. The smallest absolute Gasteiger partial charge is 0.312 e. The van der Waals surface area contributed by atoms with Crippen molar-refractivity contribution in [3.8, 4) is 0 Å². The van der Waals surface area contributed by atoms with Crippen molar-refractivity contribution in [1.82, 2.24) is 0 Å². The van der Waals surface area contributed by atoms with Gasteiger partial charge in [-0.25, -0.2) is 0 Å². The van der Waals surface area contributed by atoms with Crippen molar-refractivity contribution in [2.45, 2.75) is 52.4 Å². The molecule has 0 spiro atoms. The summed E-state index contributed by atoms with van der Waals surface area (Å²) >= 11 is 0. The van der Waals surface area contributed by atoms with Gasteiger partial charge in [-0.1, -0.05) is 12.8 Å². The number of hydrogen-bond donors (Lipinski definition) is 0. The molecule has 0 aromatic carbocycles. The number of carbonyl (C=O) groups is 2. The highest BCUT2D eigenvalue weighted by molar-refractivity contribution is 5.81. The summed E-state index contributed by atoms with van der Waals surface area (Å²) in [7, 11) is 3.16. The molecule has 6 aliphatic carbocycles. The van der Waals surface area contributed by atoms with Gasteiger partial charge in [0.2, 0.25) is 0 Å². The number of carbonyl (C=O) groups excluding carboxylic acids is 2. The molecule has 0 N–H and O–H groups in total. The Morgan fingerprint density at radius 2 is 0.929 bits per heavy atom. The van der Waals surface area contributed by atoms with Gasteiger partial charge in [-0.05, 0) is 98.7 Å². The van der Waals surface area contributed by atoms with Gasteiger partial charge in [0.1, 0.15) is 0 Å². The summed E-state index contributed by atoms with van der Waals surface area (Å²) in [6.45, 7) is 4.52. The fraction of sp³-hybridized carbons (Fsp3) is 0.917. The molecule has 12 atom stereocenters. The average molecular weight is 387 g/mol. The van der Waals surface area contributed by atoms with Crippen LogP contribution in [0.4, 0.5) is 0 Å². The lowest BCUT2D eigenvalue weighted by Gasteiger charge is -2.40. The maximum Gasteiger partial charge on any atom is 0.312 e. The van der Waals surface area contributed by atoms with E-state index < -0.39 is 0 Å². The molecule has 0 amide bonds. The summed E-state index contributed by atoms with van der Waals surface area (Å²) in [6, 6.07) is 0. The molecule has 6 saturated carbocycles. The fourth-order valence-corrected chi connectivity index (χ4v) is 11.2. The van der Waals surface area contributed by atoms with E-state index in [0.29, 0.717) is 59.2 Å². The van der Waals surface area contributed by atoms with Crippen LogP contribution in [0.2, 0.25) is 0 Å². The zero-order valence-corrected chi connectivity index (χ0v) is 17.6. The number of ether oxygens (including phenoxy) is 2. The molecule has 0 radical (unpaired) electrons. The minimum absolute atomic E-state index is 0.0364. The van der Waals surface area contributed by atoms with E-state index in [9.17, 15) is 9.59 Å². The van der Waals surface area contributed by atoms with Crippen LogP contribution < -0.4 is 0 Å². The summed E-state index contributed by atoms with van der Waals surface area (Å²) in [5.41, 5.74) is -0.711. The van der Waals surface area contributed by atoms with E-state index in [1.54, 1.807) is 14.2 Å². The van der Waals surface area contributed by atoms with Gasteiger partial charge in [0.25, 0.3) is 0 Å². The first-order chi connectivity index (χ1) is 13.4. The predicted molar refractivity (Wildman–Crippen MR) is 103 cm³/mol. The molecule has 4 nitrogen and oxygen atoms in total. The first-order valence-corrected chi connectivity index (χ1v) is 11.6. The Balaban J connectivity index is 1.59. The molecule has 4 unspecified atom stereocenters. The first kappa shape index (κ1) is 17.8. The number of esters is 2. The van der Waals surface area contributed by atoms with Crippen molar-refractivity contribution < 1.29 is 19.1 Å². The molecule has 0 aromatic heterocycles. The largest absolute Gasteiger partial charge is 0.469 e. The van der Waals surface area contributed by atoms with Gasteiger partial charge in [0, 0.05) is 0 Å². The van der Waals surface area contributed by atoms with Crippen molar-refractivity contribution in [3.05, 3.63) is 0 Å². The Bertz CT molecular complexity index is 645. The van der Waals surface area contributed by atoms with Crippen molar-refractivity contribution in [2.24, 2.45) is 70.0 Å². The Morgan fingerprint density at radius 1 is 0.643 bits per heavy atom. The van der Waals surface area contributed by atoms with Crippen LogP contribution in [0.5, 0.6) is 0 Å². The van der Waals surface area contributed by atoms with Crippen LogP contribution in [0.1, 0.15) is 52.4 Å². The number of fused-ring (bicyclic) bond motifs is 6. The lowest BCUT2D eigenvalue weighted by molar-refractivity contribution is -0.160. The fourth-order valence-electron chi connectivity index (χ4n) is 11.2. The van der Waals surface area contributed by atoms with E-state index >= 15 is 0 Å². The van der Waals surface area contributed by atoms with Gasteiger partial charge in [-0.3, -0.25) is 9.59 Å². The van der Waals surface area contributed by atoms with Gasteiger partial charge in [-0.15, -0.1) is 0 Å². The van der Waals surface area contributed by atoms with Crippen molar-refractivity contribution in [3.63, 3.8) is 0 Å². The monoisotopic (exact) mass is 386 g/mol. The highest BCUT2D eigenvalue weighted by Gasteiger charge is 2.84. The molecule has 6 aliphatic rings. The summed E-state index contributed by atoms with van der Waals surface area (Å²) in [5, 5.41) is 0. The minimum atomic E-state index is -0.356. The van der Waals surface area contributed by atoms with Crippen molar-refractivity contribution in [1.29, 1.82) is 0 Å². The Hall–Kier alpha value is -1.06. The summed E-state index contributed by atoms with van der Waals surface area (Å²) in [4.78, 5) is 26.7. The van der Waals surface area contributed by atoms with E-state index in [0.717, 1.165) is 0 Å². The Morgan fingerprint density at radius 3 is 1.18 bits per heavy atom. The summed E-state index contributed by atoms with van der Waals surface area (Å²) in [5.74, 6) is 5.10. The molecular weight excluding hydrogens is 352 g/mol. The van der Waals surface area contributed by atoms with Gasteiger partial charge in [0.15, 0.2) is 0 Å². The molecule has 0 bridgehead atoms. The third-order valence-corrected chi connectivity index (χ3v) is 11.2. The highest BCUT2D eigenvalue weighted by Crippen LogP contribution is 2.84. The lowest BCUT2D eigenvalue weighted by Crippen LogP contribution is -2.44. The normalized spacial score (nSPS) is 59.9. The average Bonchev–Trinajstić information content (AvgIpc) is 3.45. The molecule has 154 valence electrons. The van der Waals surface area contributed by atoms with E-state index in [1.165, 1.54) is 38.5 Å². The standard InChI is InChI=1S/C24H34O4/c1-23(21(25)27-3)17-11-7-5-9-13(11)19-15(17)16-18(23)12-8-6-10-14(12)20(16)24(19,2)22(26)28-4/h11-20H,5-10H2,1-4H3/t11-,12-,13-,14+,15?,16?,17+,18-,19+,20-,23?,24?/m1/s1. The minimum Gasteiger partial charge on any atom is -0.469 e. The van der Waals surface area contributed by atoms with Crippen molar-refractivity contribution >= 4 is 11.9 Å². The second kappa shape index (κ2) is 5.35. The van der Waals surface area contributed by atoms with E-state index in [-0.39, 0.29) is 22.8 Å². The van der Waals surface area contributed by atoms with Crippen LogP contribution >= 0.6 is 0 Å². The van der Waals surface area contributed by atoms with Gasteiger partial charge < -0.3 is 9.47 Å². The third-order valence-electron chi connectivity index (χ3n) is 11.2. The molecule has 28 heavy (non-hydrogen) atoms. The summed E-state index contributed by atoms with van der Waals surface area (Å²) < 4.78 is 11.0. The molecule has 0 saturated heterocycles. The number of methoxy groups -OCH3 is 2. The van der Waals surface area contributed by atoms with Crippen LogP contribution in [0.15, 0.2) is 0 Å². The maximum atomic E-state index is 13.4. The summed E-state index contributed by atoms with van der Waals surface area (Å²) in [6.07, 6.45) is 7.40. The second-order valence-electron chi connectivity index (χ2n) is 11.3. The molecule has 0 aromatic rings. The van der Waals surface area contributed by atoms with E-state index in [2.05, 4.69) is 13.8 Å². The molecule has 6 rings (SSSR count). The van der Waals surface area contributed by atoms with Crippen LogP contribution in [-0.2, 0) is 19.1 Å². The van der Waals surface area contributed by atoms with Crippen LogP contribution in [0, 0.1) is 70.0 Å². The topological polar surface area (TPSA) is 52.6 Å². The van der Waals surface area contributed by atoms with Crippen molar-refractivity contribution in [2.75, 3.05) is 14.2 Å². The van der Waals surface area contributed by atoms with E-state index in [1.807, 2.05) is 0 Å². The van der Waals surface area contributed by atoms with Gasteiger partial charge in [-0.2, -0.15) is 0 Å². The van der Waals surface area contributed by atoms with E-state index in [4.69, 9.17) is 9.47 Å². The molecule has 0 aliphatic heterocycles. The zero-order chi connectivity index (χ0) is 19.6. The van der Waals surface area contributed by atoms with Gasteiger partial charge in [0.05, 0.1) is 25.0 Å². The van der Waals surface area contributed by atoms with Crippen LogP contribution in [-0.4, -0.2) is 26.2 Å². The number of hydrogen-bond acceptors (Lipinski definition) is 4. The quantitative estimate of drug-likeness (QED) is 0.675. The highest BCUT2D eigenvalue weighted by atomic mass is 16.5. The zero-order valence-electron chi connectivity index (χ0n) is 17.6. The Kier molecular flexibility index (Phi) is 3.39. The SMILES string of the molecule is COC(=O)C1(C)[C@@H]2C3C4[C@H]1[C@@H]1CCC[C@@H]1[C@H]4C(C)(C(=O)OC)[C@H]3[C@@H]1CCC[C@H]12. The third kappa shape index (κ3) is 1.59.